The Balaban J connectivity index is 1.52. The Morgan fingerprint density at radius 2 is 1.75 bits per heavy atom. The predicted molar refractivity (Wildman–Crippen MR) is 127 cm³/mol. The standard InChI is InChI=1S/C25H25N5O2/c1-4-30-23-21(6-5-15-26-23)28-22(25(30)32)18-9-11-19(12-10-18)24(31)27-16-17-7-13-20(14-8-17)29(2)3/h5-15H,4,16H2,1-3H3,(H,27,31). The average Bonchev–Trinajstić information content (AvgIpc) is 2.82. The Kier molecular flexibility index (Phi) is 5.98. The van der Waals surface area contributed by atoms with Gasteiger partial charge in [0.25, 0.3) is 11.5 Å². The first-order valence-corrected chi connectivity index (χ1v) is 10.5. The van der Waals surface area contributed by atoms with Gasteiger partial charge in [-0.25, -0.2) is 9.97 Å². The number of aryl methyl sites for hydroxylation is 1. The molecule has 0 spiro atoms. The zero-order valence-electron chi connectivity index (χ0n) is 18.4. The van der Waals surface area contributed by atoms with Crippen molar-refractivity contribution in [3.63, 3.8) is 0 Å². The summed E-state index contributed by atoms with van der Waals surface area (Å²) in [6.07, 6.45) is 1.65. The topological polar surface area (TPSA) is 80.1 Å². The lowest BCUT2D eigenvalue weighted by molar-refractivity contribution is 0.0951. The molecule has 7 nitrogen and oxygen atoms in total. The fourth-order valence-electron chi connectivity index (χ4n) is 3.53. The van der Waals surface area contributed by atoms with E-state index in [0.717, 1.165) is 11.3 Å². The van der Waals surface area contributed by atoms with E-state index in [1.165, 1.54) is 0 Å². The number of rotatable bonds is 6. The van der Waals surface area contributed by atoms with Crippen LogP contribution in [0.25, 0.3) is 22.4 Å². The first-order valence-electron chi connectivity index (χ1n) is 10.5. The van der Waals surface area contributed by atoms with Crippen LogP contribution in [0, 0.1) is 0 Å². The van der Waals surface area contributed by atoms with Crippen LogP contribution in [0.3, 0.4) is 0 Å². The van der Waals surface area contributed by atoms with Gasteiger partial charge in [0, 0.05) is 50.2 Å². The van der Waals surface area contributed by atoms with Crippen molar-refractivity contribution < 1.29 is 4.79 Å². The minimum Gasteiger partial charge on any atom is -0.378 e. The van der Waals surface area contributed by atoms with Crippen LogP contribution < -0.4 is 15.8 Å². The molecule has 0 fully saturated rings. The number of benzene rings is 2. The number of anilines is 1. The monoisotopic (exact) mass is 427 g/mol. The third kappa shape index (κ3) is 4.23. The number of aromatic nitrogens is 3. The molecule has 0 aliphatic carbocycles. The smallest absolute Gasteiger partial charge is 0.278 e. The molecule has 0 unspecified atom stereocenters. The van der Waals surface area contributed by atoms with Gasteiger partial charge in [0.2, 0.25) is 0 Å². The summed E-state index contributed by atoms with van der Waals surface area (Å²) in [5, 5.41) is 2.93. The molecule has 0 saturated heterocycles. The van der Waals surface area contributed by atoms with Gasteiger partial charge in [-0.2, -0.15) is 0 Å². The van der Waals surface area contributed by atoms with E-state index in [4.69, 9.17) is 0 Å². The lowest BCUT2D eigenvalue weighted by atomic mass is 10.1. The van der Waals surface area contributed by atoms with E-state index in [2.05, 4.69) is 15.3 Å². The van der Waals surface area contributed by atoms with E-state index >= 15 is 0 Å². The molecule has 1 N–H and O–H groups in total. The van der Waals surface area contributed by atoms with Gasteiger partial charge in [-0.3, -0.25) is 14.2 Å². The summed E-state index contributed by atoms with van der Waals surface area (Å²) >= 11 is 0. The number of carbonyl (C=O) groups excluding carboxylic acids is 1. The molecule has 0 aliphatic rings. The molecule has 162 valence electrons. The van der Waals surface area contributed by atoms with Gasteiger partial charge in [-0.15, -0.1) is 0 Å². The minimum atomic E-state index is -0.197. The lowest BCUT2D eigenvalue weighted by Crippen LogP contribution is -2.24. The van der Waals surface area contributed by atoms with Crippen molar-refractivity contribution >= 4 is 22.8 Å². The van der Waals surface area contributed by atoms with Crippen molar-refractivity contribution in [2.45, 2.75) is 20.0 Å². The van der Waals surface area contributed by atoms with Crippen LogP contribution in [0.2, 0.25) is 0 Å². The van der Waals surface area contributed by atoms with Crippen molar-refractivity contribution in [2.75, 3.05) is 19.0 Å². The number of nitrogens with zero attached hydrogens (tertiary/aromatic N) is 4. The second kappa shape index (κ2) is 9.01. The molecular weight excluding hydrogens is 402 g/mol. The quantitative estimate of drug-likeness (QED) is 0.510. The maximum atomic E-state index is 12.9. The largest absolute Gasteiger partial charge is 0.378 e. The van der Waals surface area contributed by atoms with E-state index in [1.54, 1.807) is 41.1 Å². The Morgan fingerprint density at radius 1 is 1.03 bits per heavy atom. The Labute approximate surface area is 186 Å². The summed E-state index contributed by atoms with van der Waals surface area (Å²) in [6.45, 7) is 2.84. The van der Waals surface area contributed by atoms with Crippen molar-refractivity contribution in [1.29, 1.82) is 0 Å². The fraction of sp³-hybridized carbons (Fsp3) is 0.200. The van der Waals surface area contributed by atoms with E-state index in [-0.39, 0.29) is 11.5 Å². The number of nitrogens with one attached hydrogen (secondary N) is 1. The van der Waals surface area contributed by atoms with Gasteiger partial charge < -0.3 is 10.2 Å². The molecule has 0 aliphatic heterocycles. The van der Waals surface area contributed by atoms with Gasteiger partial charge in [0.1, 0.15) is 11.2 Å². The molecule has 4 rings (SSSR count). The first kappa shape index (κ1) is 21.2. The number of hydrogen-bond donors (Lipinski definition) is 1. The number of hydrogen-bond acceptors (Lipinski definition) is 5. The zero-order chi connectivity index (χ0) is 22.7. The molecule has 7 heteroatoms. The summed E-state index contributed by atoms with van der Waals surface area (Å²) in [4.78, 5) is 36.4. The van der Waals surface area contributed by atoms with Crippen molar-refractivity contribution in [2.24, 2.45) is 0 Å². The minimum absolute atomic E-state index is 0.171. The van der Waals surface area contributed by atoms with Gasteiger partial charge in [-0.1, -0.05) is 24.3 Å². The van der Waals surface area contributed by atoms with Crippen LogP contribution in [0.1, 0.15) is 22.8 Å². The van der Waals surface area contributed by atoms with Crippen LogP contribution in [0.4, 0.5) is 5.69 Å². The van der Waals surface area contributed by atoms with E-state index < -0.39 is 0 Å². The number of carbonyl (C=O) groups is 1. The average molecular weight is 428 g/mol. The zero-order valence-corrected chi connectivity index (χ0v) is 18.4. The second-order valence-corrected chi connectivity index (χ2v) is 7.68. The number of amides is 1. The highest BCUT2D eigenvalue weighted by molar-refractivity contribution is 5.94. The molecule has 2 heterocycles. The molecule has 0 bridgehead atoms. The Bertz CT molecular complexity index is 1310. The summed E-state index contributed by atoms with van der Waals surface area (Å²) in [5.74, 6) is -0.171. The van der Waals surface area contributed by atoms with Gasteiger partial charge in [0.05, 0.1) is 0 Å². The SMILES string of the molecule is CCn1c(=O)c(-c2ccc(C(=O)NCc3ccc(N(C)C)cc3)cc2)nc2cccnc21. The van der Waals surface area contributed by atoms with Crippen LogP contribution in [0.5, 0.6) is 0 Å². The van der Waals surface area contributed by atoms with Crippen LogP contribution >= 0.6 is 0 Å². The van der Waals surface area contributed by atoms with Crippen molar-refractivity contribution in [3.8, 4) is 11.3 Å². The van der Waals surface area contributed by atoms with Gasteiger partial charge in [-0.05, 0) is 48.9 Å². The summed E-state index contributed by atoms with van der Waals surface area (Å²) in [6, 6.07) is 18.6. The number of fused-ring (bicyclic) bond motifs is 1. The molecule has 2 aromatic carbocycles. The Hall–Kier alpha value is -4.00. The van der Waals surface area contributed by atoms with Crippen LogP contribution in [-0.2, 0) is 13.1 Å². The Morgan fingerprint density at radius 3 is 2.41 bits per heavy atom. The number of pyridine rings is 1. The van der Waals surface area contributed by atoms with Gasteiger partial charge in [0.15, 0.2) is 5.65 Å². The molecule has 0 radical (unpaired) electrons. The first-order chi connectivity index (χ1) is 15.5. The molecule has 0 saturated carbocycles. The van der Waals surface area contributed by atoms with Crippen LogP contribution in [0.15, 0.2) is 71.7 Å². The third-order valence-corrected chi connectivity index (χ3v) is 5.34. The molecule has 32 heavy (non-hydrogen) atoms. The molecule has 2 aromatic heterocycles. The maximum Gasteiger partial charge on any atom is 0.278 e. The highest BCUT2D eigenvalue weighted by atomic mass is 16.1. The third-order valence-electron chi connectivity index (χ3n) is 5.34. The second-order valence-electron chi connectivity index (χ2n) is 7.68. The van der Waals surface area contributed by atoms with Crippen LogP contribution in [-0.4, -0.2) is 34.5 Å². The van der Waals surface area contributed by atoms with Crippen molar-refractivity contribution in [1.82, 2.24) is 19.9 Å². The van der Waals surface area contributed by atoms with Crippen molar-refractivity contribution in [3.05, 3.63) is 88.3 Å². The van der Waals surface area contributed by atoms with E-state index in [1.807, 2.05) is 56.3 Å². The summed E-state index contributed by atoms with van der Waals surface area (Å²) in [7, 11) is 3.98. The summed E-state index contributed by atoms with van der Waals surface area (Å²) < 4.78 is 1.61. The normalized spacial score (nSPS) is 10.8. The molecule has 1 amide bonds. The maximum absolute atomic E-state index is 12.9. The summed E-state index contributed by atoms with van der Waals surface area (Å²) in [5.41, 5.74) is 4.70. The van der Waals surface area contributed by atoms with Gasteiger partial charge >= 0.3 is 0 Å². The van der Waals surface area contributed by atoms with E-state index in [0.29, 0.717) is 41.1 Å². The molecule has 4 aromatic rings. The predicted octanol–water partition coefficient (Wildman–Crippen LogP) is 3.47. The highest BCUT2D eigenvalue weighted by Gasteiger charge is 2.13. The van der Waals surface area contributed by atoms with E-state index in [9.17, 15) is 9.59 Å². The molecular formula is C25H25N5O2. The fourth-order valence-corrected chi connectivity index (χ4v) is 3.53. The highest BCUT2D eigenvalue weighted by Crippen LogP contribution is 2.18. The lowest BCUT2D eigenvalue weighted by Gasteiger charge is -2.13. The molecule has 0 atom stereocenters.